The summed E-state index contributed by atoms with van der Waals surface area (Å²) in [5.74, 6) is 0.552. The summed E-state index contributed by atoms with van der Waals surface area (Å²) in [6.45, 7) is 2.81. The molecule has 0 aliphatic carbocycles. The normalized spacial score (nSPS) is 14.2. The Bertz CT molecular complexity index is 1020. The number of amides is 1. The van der Waals surface area contributed by atoms with Gasteiger partial charge in [0.25, 0.3) is 0 Å². The van der Waals surface area contributed by atoms with Crippen LogP contribution in [0.25, 0.3) is 11.1 Å². The number of ether oxygens (including phenoxy) is 2. The molecule has 0 saturated heterocycles. The average Bonchev–Trinajstić information content (AvgIpc) is 2.96. The SMILES string of the molecule is CC(NC(=O)Cn1c(=O)oc2ccccc21)c1ccc2c(c1)OCCO2. The second kappa shape index (κ2) is 6.59. The van der Waals surface area contributed by atoms with E-state index in [9.17, 15) is 9.59 Å². The Kier molecular flexibility index (Phi) is 4.12. The zero-order chi connectivity index (χ0) is 18.1. The molecule has 7 heteroatoms. The van der Waals surface area contributed by atoms with E-state index in [-0.39, 0.29) is 18.5 Å². The van der Waals surface area contributed by atoms with Crippen LogP contribution in [-0.4, -0.2) is 23.7 Å². The molecule has 0 fully saturated rings. The molecule has 134 valence electrons. The maximum atomic E-state index is 12.4. The van der Waals surface area contributed by atoms with Crippen LogP contribution in [0.15, 0.2) is 51.7 Å². The lowest BCUT2D eigenvalue weighted by Gasteiger charge is -2.21. The molecule has 1 unspecified atom stereocenters. The van der Waals surface area contributed by atoms with E-state index in [1.54, 1.807) is 24.3 Å². The smallest absolute Gasteiger partial charge is 0.420 e. The summed E-state index contributed by atoms with van der Waals surface area (Å²) >= 11 is 0. The van der Waals surface area contributed by atoms with Gasteiger partial charge in [-0.2, -0.15) is 0 Å². The van der Waals surface area contributed by atoms with Crippen molar-refractivity contribution < 1.29 is 18.7 Å². The minimum atomic E-state index is -0.548. The summed E-state index contributed by atoms with van der Waals surface area (Å²) in [6, 6.07) is 12.4. The van der Waals surface area contributed by atoms with E-state index in [0.717, 1.165) is 5.56 Å². The van der Waals surface area contributed by atoms with Crippen molar-refractivity contribution in [3.8, 4) is 11.5 Å². The van der Waals surface area contributed by atoms with E-state index >= 15 is 0 Å². The number of benzene rings is 2. The molecule has 3 aromatic rings. The summed E-state index contributed by atoms with van der Waals surface area (Å²) in [5.41, 5.74) is 1.96. The number of aromatic nitrogens is 1. The van der Waals surface area contributed by atoms with E-state index < -0.39 is 5.76 Å². The molecule has 0 radical (unpaired) electrons. The molecule has 1 amide bonds. The molecule has 1 atom stereocenters. The molecule has 1 aliphatic rings. The van der Waals surface area contributed by atoms with Gasteiger partial charge in [-0.05, 0) is 36.8 Å². The van der Waals surface area contributed by atoms with Crippen molar-refractivity contribution in [2.45, 2.75) is 19.5 Å². The Morgan fingerprint density at radius 2 is 1.92 bits per heavy atom. The predicted octanol–water partition coefficient (Wildman–Crippen LogP) is 2.24. The first-order chi connectivity index (χ1) is 12.6. The van der Waals surface area contributed by atoms with Crippen molar-refractivity contribution in [1.29, 1.82) is 0 Å². The number of nitrogens with one attached hydrogen (secondary N) is 1. The summed E-state index contributed by atoms with van der Waals surface area (Å²) < 4.78 is 17.5. The molecule has 1 aliphatic heterocycles. The predicted molar refractivity (Wildman–Crippen MR) is 94.5 cm³/mol. The number of carbonyl (C=O) groups excluding carboxylic acids is 1. The monoisotopic (exact) mass is 354 g/mol. The molecule has 2 heterocycles. The number of hydrogen-bond acceptors (Lipinski definition) is 5. The van der Waals surface area contributed by atoms with E-state index in [4.69, 9.17) is 13.9 Å². The van der Waals surface area contributed by atoms with Crippen LogP contribution in [-0.2, 0) is 11.3 Å². The number of nitrogens with zero attached hydrogens (tertiary/aromatic N) is 1. The van der Waals surface area contributed by atoms with Crippen molar-refractivity contribution in [3.05, 3.63) is 58.6 Å². The van der Waals surface area contributed by atoms with Crippen LogP contribution in [0.1, 0.15) is 18.5 Å². The van der Waals surface area contributed by atoms with Crippen LogP contribution in [0, 0.1) is 0 Å². The molecule has 0 bridgehead atoms. The number of oxazole rings is 1. The van der Waals surface area contributed by atoms with Crippen LogP contribution in [0.2, 0.25) is 0 Å². The topological polar surface area (TPSA) is 82.7 Å². The van der Waals surface area contributed by atoms with Gasteiger partial charge in [-0.25, -0.2) is 4.79 Å². The number of fused-ring (bicyclic) bond motifs is 2. The van der Waals surface area contributed by atoms with Gasteiger partial charge in [0.05, 0.1) is 11.6 Å². The fourth-order valence-corrected chi connectivity index (χ4v) is 3.01. The lowest BCUT2D eigenvalue weighted by molar-refractivity contribution is -0.122. The van der Waals surface area contributed by atoms with Crippen LogP contribution < -0.4 is 20.5 Å². The molecule has 0 saturated carbocycles. The van der Waals surface area contributed by atoms with E-state index in [1.165, 1.54) is 4.57 Å². The fraction of sp³-hybridized carbons (Fsp3) is 0.263. The zero-order valence-electron chi connectivity index (χ0n) is 14.2. The fourth-order valence-electron chi connectivity index (χ4n) is 3.01. The van der Waals surface area contributed by atoms with Crippen molar-refractivity contribution in [2.24, 2.45) is 0 Å². The standard InChI is InChI=1S/C19H18N2O5/c1-12(13-6-7-16-17(10-13)25-9-8-24-16)20-18(22)11-21-14-4-2-3-5-15(14)26-19(21)23/h2-7,10,12H,8-9,11H2,1H3,(H,20,22). The third kappa shape index (κ3) is 3.03. The van der Waals surface area contributed by atoms with Crippen LogP contribution in [0.5, 0.6) is 11.5 Å². The zero-order valence-corrected chi connectivity index (χ0v) is 14.2. The van der Waals surface area contributed by atoms with E-state index in [1.807, 2.05) is 25.1 Å². The second-order valence-corrected chi connectivity index (χ2v) is 6.11. The maximum Gasteiger partial charge on any atom is 0.420 e. The molecule has 7 nitrogen and oxygen atoms in total. The first-order valence-corrected chi connectivity index (χ1v) is 8.39. The highest BCUT2D eigenvalue weighted by Gasteiger charge is 2.17. The Labute approximate surface area is 149 Å². The Morgan fingerprint density at radius 1 is 1.15 bits per heavy atom. The van der Waals surface area contributed by atoms with Crippen molar-refractivity contribution in [1.82, 2.24) is 9.88 Å². The van der Waals surface area contributed by atoms with Crippen molar-refractivity contribution in [2.75, 3.05) is 13.2 Å². The molecule has 0 spiro atoms. The quantitative estimate of drug-likeness (QED) is 0.777. The van der Waals surface area contributed by atoms with E-state index in [0.29, 0.717) is 35.8 Å². The first kappa shape index (κ1) is 16.3. The molecular weight excluding hydrogens is 336 g/mol. The third-order valence-electron chi connectivity index (χ3n) is 4.32. The average molecular weight is 354 g/mol. The van der Waals surface area contributed by atoms with Gasteiger partial charge in [0, 0.05) is 0 Å². The van der Waals surface area contributed by atoms with Gasteiger partial charge in [0.2, 0.25) is 5.91 Å². The van der Waals surface area contributed by atoms with Gasteiger partial charge in [-0.1, -0.05) is 18.2 Å². The first-order valence-electron chi connectivity index (χ1n) is 8.39. The molecule has 1 aromatic heterocycles. The van der Waals surface area contributed by atoms with Gasteiger partial charge in [-0.3, -0.25) is 9.36 Å². The lowest BCUT2D eigenvalue weighted by atomic mass is 10.1. The van der Waals surface area contributed by atoms with Crippen LogP contribution in [0.4, 0.5) is 0 Å². The van der Waals surface area contributed by atoms with Crippen molar-refractivity contribution >= 4 is 17.0 Å². The minimum absolute atomic E-state index is 0.106. The molecule has 2 aromatic carbocycles. The minimum Gasteiger partial charge on any atom is -0.486 e. The summed E-state index contributed by atoms with van der Waals surface area (Å²) in [6.07, 6.45) is 0. The highest BCUT2D eigenvalue weighted by atomic mass is 16.6. The summed E-state index contributed by atoms with van der Waals surface area (Å²) in [5, 5.41) is 2.90. The number of para-hydroxylation sites is 2. The Morgan fingerprint density at radius 3 is 2.77 bits per heavy atom. The van der Waals surface area contributed by atoms with Gasteiger partial charge < -0.3 is 19.2 Å². The number of rotatable bonds is 4. The Hall–Kier alpha value is -3.22. The molecule has 1 N–H and O–H groups in total. The lowest BCUT2D eigenvalue weighted by Crippen LogP contribution is -2.32. The largest absolute Gasteiger partial charge is 0.486 e. The number of hydrogen-bond donors (Lipinski definition) is 1. The second-order valence-electron chi connectivity index (χ2n) is 6.11. The van der Waals surface area contributed by atoms with Gasteiger partial charge in [0.15, 0.2) is 17.1 Å². The number of carbonyl (C=O) groups is 1. The highest BCUT2D eigenvalue weighted by Crippen LogP contribution is 2.32. The Balaban J connectivity index is 1.49. The van der Waals surface area contributed by atoms with Crippen LogP contribution in [0.3, 0.4) is 0 Å². The summed E-state index contributed by atoms with van der Waals surface area (Å²) in [4.78, 5) is 24.4. The van der Waals surface area contributed by atoms with Gasteiger partial charge in [0.1, 0.15) is 19.8 Å². The molecule has 4 rings (SSSR count). The van der Waals surface area contributed by atoms with Gasteiger partial charge >= 0.3 is 5.76 Å². The van der Waals surface area contributed by atoms with Crippen molar-refractivity contribution in [3.63, 3.8) is 0 Å². The maximum absolute atomic E-state index is 12.4. The highest BCUT2D eigenvalue weighted by molar-refractivity contribution is 5.79. The molecular formula is C19H18N2O5. The molecule has 26 heavy (non-hydrogen) atoms. The summed E-state index contributed by atoms with van der Waals surface area (Å²) in [7, 11) is 0. The van der Waals surface area contributed by atoms with Crippen LogP contribution >= 0.6 is 0 Å². The van der Waals surface area contributed by atoms with Gasteiger partial charge in [-0.15, -0.1) is 0 Å². The van der Waals surface area contributed by atoms with E-state index in [2.05, 4.69) is 5.32 Å². The third-order valence-corrected chi connectivity index (χ3v) is 4.32.